The second kappa shape index (κ2) is 8.38. The zero-order valence-corrected chi connectivity index (χ0v) is 15.6. The summed E-state index contributed by atoms with van der Waals surface area (Å²) in [5.74, 6) is 1.06. The zero-order chi connectivity index (χ0) is 20.1. The molecule has 0 aliphatic carbocycles. The number of carboxylic acid groups (broad SMARTS) is 1. The molecule has 0 fully saturated rings. The van der Waals surface area contributed by atoms with Gasteiger partial charge >= 0.3 is 5.97 Å². The van der Waals surface area contributed by atoms with Crippen LogP contribution in [0.2, 0.25) is 0 Å². The summed E-state index contributed by atoms with van der Waals surface area (Å²) in [6, 6.07) is 5.05. The molecule has 2 heterocycles. The summed E-state index contributed by atoms with van der Waals surface area (Å²) in [6.07, 6.45) is 2.54. The third kappa shape index (κ3) is 4.03. The van der Waals surface area contributed by atoms with E-state index in [9.17, 15) is 4.79 Å². The van der Waals surface area contributed by atoms with Crippen molar-refractivity contribution in [2.75, 3.05) is 20.8 Å². The van der Waals surface area contributed by atoms with E-state index in [2.05, 4.69) is 15.0 Å². The summed E-state index contributed by atoms with van der Waals surface area (Å²) in [5.41, 5.74) is 0.922. The van der Waals surface area contributed by atoms with Crippen molar-refractivity contribution in [2.24, 2.45) is 0 Å². The Hall–Kier alpha value is -3.62. The van der Waals surface area contributed by atoms with E-state index in [-0.39, 0.29) is 6.42 Å². The highest BCUT2D eigenvalue weighted by Gasteiger charge is 2.15. The first-order valence-corrected chi connectivity index (χ1v) is 8.43. The van der Waals surface area contributed by atoms with Gasteiger partial charge < -0.3 is 24.1 Å². The maximum absolute atomic E-state index is 10.9. The van der Waals surface area contributed by atoms with Crippen molar-refractivity contribution >= 4 is 16.9 Å². The third-order valence-electron chi connectivity index (χ3n) is 3.84. The molecule has 146 valence electrons. The van der Waals surface area contributed by atoms with E-state index in [1.165, 1.54) is 19.6 Å². The van der Waals surface area contributed by atoms with Gasteiger partial charge in [-0.3, -0.25) is 9.78 Å². The predicted octanol–water partition coefficient (Wildman–Crippen LogP) is 2.86. The van der Waals surface area contributed by atoms with E-state index >= 15 is 0 Å². The van der Waals surface area contributed by atoms with Crippen LogP contribution in [-0.2, 0) is 11.2 Å². The van der Waals surface area contributed by atoms with Crippen LogP contribution in [0.5, 0.6) is 28.9 Å². The predicted molar refractivity (Wildman–Crippen MR) is 99.5 cm³/mol. The highest BCUT2D eigenvalue weighted by molar-refractivity contribution is 5.87. The average molecular weight is 385 g/mol. The van der Waals surface area contributed by atoms with Crippen molar-refractivity contribution < 1.29 is 28.8 Å². The molecule has 0 spiro atoms. The minimum Gasteiger partial charge on any atom is -0.495 e. The number of nitrogens with zero attached hydrogens (tertiary/aromatic N) is 3. The van der Waals surface area contributed by atoms with Crippen LogP contribution in [0, 0.1) is 0 Å². The molecular formula is C19H19N3O6. The normalized spacial score (nSPS) is 10.5. The lowest BCUT2D eigenvalue weighted by Crippen LogP contribution is -2.05. The molecule has 2 aromatic heterocycles. The van der Waals surface area contributed by atoms with Crippen LogP contribution >= 0.6 is 0 Å². The van der Waals surface area contributed by atoms with Crippen LogP contribution in [0.1, 0.15) is 12.6 Å². The number of hydrogen-bond acceptors (Lipinski definition) is 8. The number of rotatable bonds is 8. The Labute approximate surface area is 160 Å². The Bertz CT molecular complexity index is 1010. The Morgan fingerprint density at radius 1 is 1.04 bits per heavy atom. The van der Waals surface area contributed by atoms with E-state index in [1.54, 1.807) is 25.3 Å². The standard InChI is InChI=1S/C19H19N3O6/c1-4-27-17-6-12-13(7-16(17)26-3)21-10-22-19(12)28-11-5-15(25-2)14(20-9-11)8-18(23)24/h5-7,9-10H,4,8H2,1-3H3,(H,23,24). The van der Waals surface area contributed by atoms with Gasteiger partial charge in [-0.1, -0.05) is 0 Å². The Morgan fingerprint density at radius 2 is 1.82 bits per heavy atom. The minimum absolute atomic E-state index is 0.253. The molecule has 0 saturated carbocycles. The molecule has 0 bridgehead atoms. The Kier molecular flexibility index (Phi) is 5.73. The van der Waals surface area contributed by atoms with Gasteiger partial charge in [-0.15, -0.1) is 0 Å². The van der Waals surface area contributed by atoms with E-state index in [4.69, 9.17) is 24.1 Å². The number of ether oxygens (including phenoxy) is 4. The first-order chi connectivity index (χ1) is 13.5. The van der Waals surface area contributed by atoms with Crippen molar-refractivity contribution in [3.8, 4) is 28.9 Å². The van der Waals surface area contributed by atoms with Crippen molar-refractivity contribution in [1.82, 2.24) is 15.0 Å². The number of aromatic nitrogens is 3. The minimum atomic E-state index is -1.00. The molecule has 9 heteroatoms. The van der Waals surface area contributed by atoms with Gasteiger partial charge in [0.2, 0.25) is 5.88 Å². The Morgan fingerprint density at radius 3 is 2.50 bits per heavy atom. The van der Waals surface area contributed by atoms with Crippen LogP contribution in [-0.4, -0.2) is 46.9 Å². The van der Waals surface area contributed by atoms with Gasteiger partial charge in [0.1, 0.15) is 12.1 Å². The number of hydrogen-bond donors (Lipinski definition) is 1. The fourth-order valence-electron chi connectivity index (χ4n) is 2.62. The molecular weight excluding hydrogens is 366 g/mol. The molecule has 3 aromatic rings. The first-order valence-electron chi connectivity index (χ1n) is 8.43. The molecule has 1 aromatic carbocycles. The van der Waals surface area contributed by atoms with Gasteiger partial charge in [-0.2, -0.15) is 0 Å². The number of carboxylic acids is 1. The molecule has 1 N–H and O–H groups in total. The molecule has 0 saturated heterocycles. The van der Waals surface area contributed by atoms with Crippen molar-refractivity contribution in [1.29, 1.82) is 0 Å². The summed E-state index contributed by atoms with van der Waals surface area (Å²) in [6.45, 7) is 2.34. The molecule has 0 unspecified atom stereocenters. The van der Waals surface area contributed by atoms with Gasteiger partial charge in [0.05, 0.1) is 50.0 Å². The smallest absolute Gasteiger partial charge is 0.309 e. The van der Waals surface area contributed by atoms with Gasteiger partial charge in [-0.05, 0) is 13.0 Å². The van der Waals surface area contributed by atoms with E-state index in [0.717, 1.165) is 0 Å². The van der Waals surface area contributed by atoms with Crippen molar-refractivity contribution in [2.45, 2.75) is 13.3 Å². The highest BCUT2D eigenvalue weighted by atomic mass is 16.5. The van der Waals surface area contributed by atoms with E-state index in [1.807, 2.05) is 6.92 Å². The fraction of sp³-hybridized carbons (Fsp3) is 0.263. The quantitative estimate of drug-likeness (QED) is 0.625. The number of methoxy groups -OCH3 is 2. The van der Waals surface area contributed by atoms with Crippen LogP contribution < -0.4 is 18.9 Å². The number of carbonyl (C=O) groups is 1. The lowest BCUT2D eigenvalue weighted by Gasteiger charge is -2.13. The zero-order valence-electron chi connectivity index (χ0n) is 15.6. The summed E-state index contributed by atoms with van der Waals surface area (Å²) in [5, 5.41) is 9.58. The molecule has 9 nitrogen and oxygen atoms in total. The summed E-state index contributed by atoms with van der Waals surface area (Å²) >= 11 is 0. The topological polar surface area (TPSA) is 113 Å². The number of pyridine rings is 1. The molecule has 0 amide bonds. The van der Waals surface area contributed by atoms with Gasteiger partial charge in [0.15, 0.2) is 17.2 Å². The largest absolute Gasteiger partial charge is 0.495 e. The molecule has 0 aliphatic heterocycles. The van der Waals surface area contributed by atoms with Crippen molar-refractivity contribution in [3.63, 3.8) is 0 Å². The summed E-state index contributed by atoms with van der Waals surface area (Å²) in [7, 11) is 2.99. The van der Waals surface area contributed by atoms with Crippen LogP contribution in [0.3, 0.4) is 0 Å². The second-order valence-corrected chi connectivity index (χ2v) is 5.62. The molecule has 3 rings (SSSR count). The van der Waals surface area contributed by atoms with E-state index < -0.39 is 5.97 Å². The summed E-state index contributed by atoms with van der Waals surface area (Å²) in [4.78, 5) is 23.5. The maximum Gasteiger partial charge on any atom is 0.309 e. The number of fused-ring (bicyclic) bond motifs is 1. The third-order valence-corrected chi connectivity index (χ3v) is 3.84. The number of benzene rings is 1. The molecule has 0 atom stereocenters. The summed E-state index contributed by atoms with van der Waals surface area (Å²) < 4.78 is 22.0. The lowest BCUT2D eigenvalue weighted by atomic mass is 10.2. The maximum atomic E-state index is 10.9. The average Bonchev–Trinajstić information content (AvgIpc) is 2.69. The van der Waals surface area contributed by atoms with Gasteiger partial charge in [0.25, 0.3) is 0 Å². The first kappa shape index (κ1) is 19.2. The fourth-order valence-corrected chi connectivity index (χ4v) is 2.62. The van der Waals surface area contributed by atoms with Crippen LogP contribution in [0.25, 0.3) is 10.9 Å². The molecule has 28 heavy (non-hydrogen) atoms. The van der Waals surface area contributed by atoms with Crippen LogP contribution in [0.15, 0.2) is 30.7 Å². The van der Waals surface area contributed by atoms with Gasteiger partial charge in [0, 0.05) is 12.1 Å². The Balaban J connectivity index is 2.00. The van der Waals surface area contributed by atoms with E-state index in [0.29, 0.717) is 52.1 Å². The molecule has 0 radical (unpaired) electrons. The molecule has 0 aliphatic rings. The van der Waals surface area contributed by atoms with Gasteiger partial charge in [-0.25, -0.2) is 9.97 Å². The SMILES string of the molecule is CCOc1cc2c(Oc3cnc(CC(=O)O)c(OC)c3)ncnc2cc1OC. The van der Waals surface area contributed by atoms with Crippen LogP contribution in [0.4, 0.5) is 0 Å². The lowest BCUT2D eigenvalue weighted by molar-refractivity contribution is -0.136. The van der Waals surface area contributed by atoms with Crippen molar-refractivity contribution in [3.05, 3.63) is 36.4 Å². The highest BCUT2D eigenvalue weighted by Crippen LogP contribution is 2.36. The second-order valence-electron chi connectivity index (χ2n) is 5.62. The number of aliphatic carboxylic acids is 1. The monoisotopic (exact) mass is 385 g/mol.